The molecule has 0 saturated carbocycles. The van der Waals surface area contributed by atoms with Crippen LogP contribution in [0.1, 0.15) is 0 Å². The van der Waals surface area contributed by atoms with Crippen LogP contribution in [-0.4, -0.2) is 24.0 Å². The summed E-state index contributed by atoms with van der Waals surface area (Å²) in [4.78, 5) is 10.4. The first-order valence-corrected chi connectivity index (χ1v) is 2.68. The Morgan fingerprint density at radius 1 is 1.90 bits per heavy atom. The summed E-state index contributed by atoms with van der Waals surface area (Å²) in [5.74, 6) is 4.93. The van der Waals surface area contributed by atoms with Crippen molar-refractivity contribution >= 4 is 12.4 Å². The Balaban J connectivity index is 2.94. The Kier molecular flexibility index (Phi) is 1.42. The lowest BCUT2D eigenvalue weighted by Gasteiger charge is -2.12. The second-order valence-electron chi connectivity index (χ2n) is 2.07. The van der Waals surface area contributed by atoms with Crippen LogP contribution in [-0.2, 0) is 9.53 Å². The molecule has 1 rings (SSSR count). The van der Waals surface area contributed by atoms with Gasteiger partial charge in [-0.1, -0.05) is 5.10 Å². The highest BCUT2D eigenvalue weighted by atomic mass is 16.5. The van der Waals surface area contributed by atoms with Crippen LogP contribution in [0.3, 0.4) is 0 Å². The van der Waals surface area contributed by atoms with Gasteiger partial charge in [0, 0.05) is 0 Å². The van der Waals surface area contributed by atoms with Crippen molar-refractivity contribution in [3.63, 3.8) is 0 Å². The molecule has 1 unspecified atom stereocenters. The summed E-state index contributed by atoms with van der Waals surface area (Å²) in [6, 6.07) is 0.176. The van der Waals surface area contributed by atoms with Gasteiger partial charge in [0.2, 0.25) is 0 Å². The Hall–Kier alpha value is -1.36. The van der Waals surface area contributed by atoms with Crippen molar-refractivity contribution in [1.82, 2.24) is 0 Å². The lowest BCUT2D eigenvalue weighted by Crippen LogP contribution is -2.41. The van der Waals surface area contributed by atoms with Gasteiger partial charge in [0.15, 0.2) is 6.26 Å². The number of nitrogens with two attached hydrogens (primary N) is 1. The first-order valence-electron chi connectivity index (χ1n) is 2.68. The second-order valence-corrected chi connectivity index (χ2v) is 2.07. The highest BCUT2D eigenvalue weighted by molar-refractivity contribution is 5.76. The first-order chi connectivity index (χ1) is 4.73. The highest BCUT2D eigenvalue weighted by Crippen LogP contribution is 2.10. The molecule has 0 radical (unpaired) electrons. The van der Waals surface area contributed by atoms with E-state index in [0.29, 0.717) is 6.41 Å². The molecule has 5 heteroatoms. The molecular weight excluding hydrogens is 134 g/mol. The average Bonchev–Trinajstić information content (AvgIpc) is 2.32. The Bertz CT molecular complexity index is 211. The Morgan fingerprint density at radius 3 is 3.00 bits per heavy atom. The van der Waals surface area contributed by atoms with E-state index in [1.165, 1.54) is 6.26 Å². The van der Waals surface area contributed by atoms with E-state index in [1.807, 2.05) is 0 Å². The van der Waals surface area contributed by atoms with E-state index < -0.39 is 0 Å². The highest BCUT2D eigenvalue weighted by Gasteiger charge is 2.33. The summed E-state index contributed by atoms with van der Waals surface area (Å²) in [6.07, 6.45) is 3.59. The summed E-state index contributed by atoms with van der Waals surface area (Å²) < 4.78 is 4.67. The minimum absolute atomic E-state index is 0.128. The maximum Gasteiger partial charge on any atom is 0.432 e. The van der Waals surface area contributed by atoms with Crippen LogP contribution in [0.25, 0.3) is 0 Å². The lowest BCUT2D eigenvalue weighted by atomic mass is 10.6. The second kappa shape index (κ2) is 2.11. The van der Waals surface area contributed by atoms with E-state index >= 15 is 0 Å². The SMILES string of the molecule is C[N+]1(C=O)C=COC1=NN. The molecule has 54 valence electrons. The van der Waals surface area contributed by atoms with Crippen LogP contribution < -0.4 is 5.84 Å². The molecule has 10 heavy (non-hydrogen) atoms. The van der Waals surface area contributed by atoms with Crippen molar-refractivity contribution in [3.8, 4) is 0 Å². The molecule has 1 atom stereocenters. The van der Waals surface area contributed by atoms with Crippen molar-refractivity contribution in [1.29, 1.82) is 0 Å². The molecule has 0 aromatic heterocycles. The maximum absolute atomic E-state index is 10.4. The molecule has 0 aliphatic carbocycles. The predicted octanol–water partition coefficient (Wildman–Crippen LogP) is -0.679. The molecule has 0 spiro atoms. The fourth-order valence-electron chi connectivity index (χ4n) is 0.630. The number of hydrogen-bond donors (Lipinski definition) is 1. The van der Waals surface area contributed by atoms with Gasteiger partial charge in [-0.25, -0.2) is 4.79 Å². The first kappa shape index (κ1) is 6.76. The third kappa shape index (κ3) is 0.763. The van der Waals surface area contributed by atoms with Gasteiger partial charge in [0.05, 0.1) is 7.05 Å². The van der Waals surface area contributed by atoms with Gasteiger partial charge < -0.3 is 10.6 Å². The molecule has 1 aliphatic heterocycles. The van der Waals surface area contributed by atoms with Crippen molar-refractivity contribution in [2.24, 2.45) is 10.9 Å². The molecule has 5 nitrogen and oxygen atoms in total. The van der Waals surface area contributed by atoms with Gasteiger partial charge in [0.1, 0.15) is 6.20 Å². The van der Waals surface area contributed by atoms with Crippen LogP contribution in [0.15, 0.2) is 17.6 Å². The largest absolute Gasteiger partial charge is 0.432 e. The summed E-state index contributed by atoms with van der Waals surface area (Å²) >= 11 is 0. The van der Waals surface area contributed by atoms with Gasteiger partial charge in [-0.2, -0.15) is 4.48 Å². The van der Waals surface area contributed by atoms with E-state index in [2.05, 4.69) is 5.10 Å². The molecular formula is C5H8N3O2+. The third-order valence-corrected chi connectivity index (χ3v) is 1.29. The number of rotatable bonds is 1. The molecule has 1 aliphatic rings. The van der Waals surface area contributed by atoms with Crippen molar-refractivity contribution in [2.45, 2.75) is 0 Å². The zero-order valence-corrected chi connectivity index (χ0v) is 5.52. The summed E-state index contributed by atoms with van der Waals surface area (Å²) in [7, 11) is 1.61. The lowest BCUT2D eigenvalue weighted by molar-refractivity contribution is -0.675. The fraction of sp³-hybridized carbons (Fsp3) is 0.200. The van der Waals surface area contributed by atoms with E-state index in [0.717, 1.165) is 0 Å². The van der Waals surface area contributed by atoms with Crippen LogP contribution >= 0.6 is 0 Å². The van der Waals surface area contributed by atoms with Crippen LogP contribution in [0.4, 0.5) is 0 Å². The number of hydrazone groups is 1. The van der Waals surface area contributed by atoms with Crippen LogP contribution in [0, 0.1) is 0 Å². The minimum atomic E-state index is -0.128. The average molecular weight is 142 g/mol. The van der Waals surface area contributed by atoms with Crippen molar-refractivity contribution in [2.75, 3.05) is 7.05 Å². The van der Waals surface area contributed by atoms with Gasteiger partial charge in [-0.3, -0.25) is 0 Å². The predicted molar refractivity (Wildman–Crippen MR) is 34.1 cm³/mol. The number of nitrogens with zero attached hydrogens (tertiary/aromatic N) is 2. The van der Waals surface area contributed by atoms with E-state index in [1.54, 1.807) is 13.2 Å². The minimum Gasteiger partial charge on any atom is -0.398 e. The Labute approximate surface area is 58.0 Å². The summed E-state index contributed by atoms with van der Waals surface area (Å²) in [5.41, 5.74) is 0. The normalized spacial score (nSPS) is 34.3. The summed E-state index contributed by atoms with van der Waals surface area (Å²) in [6.45, 7) is 0. The topological polar surface area (TPSA) is 64.7 Å². The molecule has 0 saturated heterocycles. The van der Waals surface area contributed by atoms with Gasteiger partial charge >= 0.3 is 12.4 Å². The van der Waals surface area contributed by atoms with E-state index in [4.69, 9.17) is 10.6 Å². The number of hydrogen-bond acceptors (Lipinski definition) is 4. The number of quaternary nitrogens is 1. The number of ether oxygens (including phenoxy) is 1. The van der Waals surface area contributed by atoms with Gasteiger partial charge in [0.25, 0.3) is 0 Å². The zero-order valence-electron chi connectivity index (χ0n) is 5.52. The van der Waals surface area contributed by atoms with Gasteiger partial charge in [-0.05, 0) is 0 Å². The molecule has 0 aromatic carbocycles. The Morgan fingerprint density at radius 2 is 2.60 bits per heavy atom. The number of amides is 1. The molecule has 0 fully saturated rings. The van der Waals surface area contributed by atoms with E-state index in [-0.39, 0.29) is 10.5 Å². The molecule has 0 bridgehead atoms. The van der Waals surface area contributed by atoms with Crippen molar-refractivity contribution in [3.05, 3.63) is 12.5 Å². The fourth-order valence-corrected chi connectivity index (χ4v) is 0.630. The molecule has 1 amide bonds. The third-order valence-electron chi connectivity index (χ3n) is 1.29. The van der Waals surface area contributed by atoms with E-state index in [9.17, 15) is 4.79 Å². The van der Waals surface area contributed by atoms with Crippen LogP contribution in [0.2, 0.25) is 0 Å². The number of carbonyl (C=O) groups excluding carboxylic acids is 1. The quantitative estimate of drug-likeness (QED) is 0.228. The number of carbonyl (C=O) groups is 1. The standard InChI is InChI=1S/C5H8N3O2/c1-8(4-9)2-3-10-5(8)7-6/h2-4H,6H2,1H3/q+1. The van der Waals surface area contributed by atoms with Crippen LogP contribution in [0.5, 0.6) is 0 Å². The molecule has 0 aromatic rings. The smallest absolute Gasteiger partial charge is 0.398 e. The molecule has 1 heterocycles. The maximum atomic E-state index is 10.4. The van der Waals surface area contributed by atoms with Crippen molar-refractivity contribution < 1.29 is 14.0 Å². The zero-order chi connectivity index (χ0) is 7.61. The van der Waals surface area contributed by atoms with Gasteiger partial charge in [-0.15, -0.1) is 0 Å². The molecule has 2 N–H and O–H groups in total. The number of amidine groups is 1. The monoisotopic (exact) mass is 142 g/mol. The summed E-state index contributed by atoms with van der Waals surface area (Å²) in [5, 5.41) is 3.28.